The van der Waals surface area contributed by atoms with Crippen LogP contribution in [0, 0.1) is 5.92 Å². The first kappa shape index (κ1) is 31.3. The van der Waals surface area contributed by atoms with E-state index in [2.05, 4.69) is 0 Å². The highest BCUT2D eigenvalue weighted by molar-refractivity contribution is 5.80. The van der Waals surface area contributed by atoms with Crippen LogP contribution in [-0.2, 0) is 34.8 Å². The molecule has 3 rings (SSSR count). The van der Waals surface area contributed by atoms with Crippen molar-refractivity contribution in [2.45, 2.75) is 71.0 Å². The molecule has 0 N–H and O–H groups in total. The van der Waals surface area contributed by atoms with Gasteiger partial charge in [-0.2, -0.15) is 26.3 Å². The lowest BCUT2D eigenvalue weighted by Crippen LogP contribution is -2.49. The number of amides is 2. The number of carbonyl (C=O) groups is 2. The molecule has 40 heavy (non-hydrogen) atoms. The average molecular weight is 573 g/mol. The topological polar surface area (TPSA) is 49.9 Å². The van der Waals surface area contributed by atoms with Crippen molar-refractivity contribution in [1.82, 2.24) is 9.80 Å². The molecule has 0 saturated carbocycles. The van der Waals surface area contributed by atoms with Gasteiger partial charge in [-0.3, -0.25) is 4.79 Å². The lowest BCUT2D eigenvalue weighted by molar-refractivity contribution is -0.143. The van der Waals surface area contributed by atoms with E-state index >= 15 is 0 Å². The molecule has 2 aromatic rings. The summed E-state index contributed by atoms with van der Waals surface area (Å²) in [5.41, 5.74) is -2.02. The molecule has 1 fully saturated rings. The van der Waals surface area contributed by atoms with Crippen LogP contribution in [-0.4, -0.2) is 47.5 Å². The zero-order valence-corrected chi connectivity index (χ0v) is 23.1. The Morgan fingerprint density at radius 3 is 2.08 bits per heavy atom. The van der Waals surface area contributed by atoms with E-state index in [4.69, 9.17) is 4.74 Å². The molecule has 1 heterocycles. The Balaban J connectivity index is 1.92. The van der Waals surface area contributed by atoms with Crippen molar-refractivity contribution in [3.63, 3.8) is 0 Å². The molecule has 0 unspecified atom stereocenters. The summed E-state index contributed by atoms with van der Waals surface area (Å²) >= 11 is 0. The molecule has 220 valence electrons. The van der Waals surface area contributed by atoms with Gasteiger partial charge in [-0.05, 0) is 68.5 Å². The van der Waals surface area contributed by atoms with Crippen LogP contribution in [0.1, 0.15) is 67.9 Å². The minimum absolute atomic E-state index is 0.0649. The van der Waals surface area contributed by atoms with Crippen molar-refractivity contribution in [2.75, 3.05) is 20.1 Å². The minimum Gasteiger partial charge on any atom is -0.444 e. The van der Waals surface area contributed by atoms with Gasteiger partial charge < -0.3 is 14.5 Å². The summed E-state index contributed by atoms with van der Waals surface area (Å²) in [6.07, 6.45) is -9.57. The third-order valence-electron chi connectivity index (χ3n) is 6.86. The summed E-state index contributed by atoms with van der Waals surface area (Å²) in [6, 6.07) is 8.83. The van der Waals surface area contributed by atoms with Gasteiger partial charge >= 0.3 is 18.4 Å². The van der Waals surface area contributed by atoms with Crippen molar-refractivity contribution in [2.24, 2.45) is 5.92 Å². The largest absolute Gasteiger partial charge is 0.444 e. The predicted octanol–water partition coefficient (Wildman–Crippen LogP) is 7.29. The number of piperidine rings is 1. The first-order chi connectivity index (χ1) is 18.4. The van der Waals surface area contributed by atoms with Crippen LogP contribution in [0.3, 0.4) is 0 Å². The number of halogens is 6. The maximum atomic E-state index is 13.7. The third-order valence-corrected chi connectivity index (χ3v) is 6.86. The zero-order chi connectivity index (χ0) is 30.0. The van der Waals surface area contributed by atoms with E-state index in [0.29, 0.717) is 18.6 Å². The van der Waals surface area contributed by atoms with E-state index in [-0.39, 0.29) is 31.1 Å². The molecule has 2 aromatic carbocycles. The van der Waals surface area contributed by atoms with Gasteiger partial charge in [-0.1, -0.05) is 31.2 Å². The smallest absolute Gasteiger partial charge is 0.416 e. The van der Waals surface area contributed by atoms with Gasteiger partial charge in [0.1, 0.15) is 5.60 Å². The number of hydrogen-bond acceptors (Lipinski definition) is 3. The molecular weight excluding hydrogens is 538 g/mol. The standard InChI is InChI=1S/C29H34F6N2O3/c1-6-19-9-7-8-10-22(19)24-17-37(26(39)40-27(2,3)4)12-11-23(24)25(38)36(5)16-18-13-20(28(30,31)32)15-21(14-18)29(33,34)35/h7-10,13-15,23-24H,6,11-12,16-17H2,1-5H3/t23-,24+/m1/s1. The van der Waals surface area contributed by atoms with Gasteiger partial charge in [-0.25, -0.2) is 4.79 Å². The summed E-state index contributed by atoms with van der Waals surface area (Å²) in [7, 11) is 1.36. The summed E-state index contributed by atoms with van der Waals surface area (Å²) < 4.78 is 85.6. The number of rotatable bonds is 5. The van der Waals surface area contributed by atoms with E-state index in [1.807, 2.05) is 31.2 Å². The fourth-order valence-electron chi connectivity index (χ4n) is 5.02. The van der Waals surface area contributed by atoms with E-state index in [9.17, 15) is 35.9 Å². The van der Waals surface area contributed by atoms with Crippen molar-refractivity contribution in [1.29, 1.82) is 0 Å². The maximum absolute atomic E-state index is 13.7. The van der Waals surface area contributed by atoms with Gasteiger partial charge in [-0.15, -0.1) is 0 Å². The Bertz CT molecular complexity index is 1190. The maximum Gasteiger partial charge on any atom is 0.416 e. The van der Waals surface area contributed by atoms with Crippen molar-refractivity contribution < 1.29 is 40.7 Å². The van der Waals surface area contributed by atoms with Crippen LogP contribution >= 0.6 is 0 Å². The highest BCUT2D eigenvalue weighted by Gasteiger charge is 2.41. The van der Waals surface area contributed by atoms with Crippen LogP contribution in [0.25, 0.3) is 0 Å². The highest BCUT2D eigenvalue weighted by Crippen LogP contribution is 2.38. The summed E-state index contributed by atoms with van der Waals surface area (Å²) in [6.45, 7) is 7.15. The molecule has 0 aromatic heterocycles. The monoisotopic (exact) mass is 572 g/mol. The van der Waals surface area contributed by atoms with Gasteiger partial charge in [0.05, 0.1) is 11.1 Å². The number of hydrogen-bond donors (Lipinski definition) is 0. The normalized spacial score (nSPS) is 18.4. The first-order valence-electron chi connectivity index (χ1n) is 13.0. The van der Waals surface area contributed by atoms with Crippen LogP contribution in [0.5, 0.6) is 0 Å². The van der Waals surface area contributed by atoms with Crippen molar-refractivity contribution in [3.8, 4) is 0 Å². The molecule has 1 saturated heterocycles. The van der Waals surface area contributed by atoms with E-state index in [1.54, 1.807) is 20.8 Å². The highest BCUT2D eigenvalue weighted by atomic mass is 19.4. The van der Waals surface area contributed by atoms with Crippen LogP contribution < -0.4 is 0 Å². The lowest BCUT2D eigenvalue weighted by atomic mass is 9.78. The van der Waals surface area contributed by atoms with Crippen molar-refractivity contribution >= 4 is 12.0 Å². The zero-order valence-electron chi connectivity index (χ0n) is 23.1. The number of aryl methyl sites for hydroxylation is 1. The molecule has 2 atom stereocenters. The average Bonchev–Trinajstić information content (AvgIpc) is 2.85. The molecule has 1 aliphatic rings. The Kier molecular flexibility index (Phi) is 9.16. The SMILES string of the molecule is CCc1ccccc1[C@@H]1CN(C(=O)OC(C)(C)C)CC[C@H]1C(=O)N(C)Cc1cc(C(F)(F)F)cc(C(F)(F)F)c1. The van der Waals surface area contributed by atoms with E-state index < -0.39 is 59.5 Å². The van der Waals surface area contributed by atoms with Crippen LogP contribution in [0.15, 0.2) is 42.5 Å². The number of benzene rings is 2. The molecule has 11 heteroatoms. The second kappa shape index (κ2) is 11.7. The second-order valence-corrected chi connectivity index (χ2v) is 11.1. The molecule has 0 bridgehead atoms. The Labute approximate surface area is 230 Å². The summed E-state index contributed by atoms with van der Waals surface area (Å²) in [4.78, 5) is 29.2. The fourth-order valence-corrected chi connectivity index (χ4v) is 5.02. The Morgan fingerprint density at radius 2 is 1.55 bits per heavy atom. The van der Waals surface area contributed by atoms with Gasteiger partial charge in [0, 0.05) is 38.5 Å². The summed E-state index contributed by atoms with van der Waals surface area (Å²) in [5.74, 6) is -1.52. The third kappa shape index (κ3) is 7.69. The van der Waals surface area contributed by atoms with E-state index in [0.717, 1.165) is 16.0 Å². The molecule has 0 spiro atoms. The number of nitrogens with zero attached hydrogens (tertiary/aromatic N) is 2. The minimum atomic E-state index is -4.98. The van der Waals surface area contributed by atoms with Crippen molar-refractivity contribution in [3.05, 3.63) is 70.3 Å². The number of ether oxygens (including phenoxy) is 1. The second-order valence-electron chi connectivity index (χ2n) is 11.1. The Hall–Kier alpha value is -3.24. The predicted molar refractivity (Wildman–Crippen MR) is 137 cm³/mol. The molecule has 0 radical (unpaired) electrons. The van der Waals surface area contributed by atoms with Crippen LogP contribution in [0.2, 0.25) is 0 Å². The number of alkyl halides is 6. The number of likely N-dealkylation sites (tertiary alicyclic amines) is 1. The Morgan fingerprint density at radius 1 is 0.975 bits per heavy atom. The van der Waals surface area contributed by atoms with E-state index in [1.165, 1.54) is 11.9 Å². The summed E-state index contributed by atoms with van der Waals surface area (Å²) in [5, 5.41) is 0. The molecule has 2 amide bonds. The van der Waals surface area contributed by atoms with Gasteiger partial charge in [0.2, 0.25) is 5.91 Å². The quantitative estimate of drug-likeness (QED) is 0.354. The van der Waals surface area contributed by atoms with Crippen LogP contribution in [0.4, 0.5) is 31.1 Å². The lowest BCUT2D eigenvalue weighted by Gasteiger charge is -2.40. The molecular formula is C29H34F6N2O3. The number of carbonyl (C=O) groups excluding carboxylic acids is 2. The first-order valence-corrected chi connectivity index (χ1v) is 13.0. The fraction of sp³-hybridized carbons (Fsp3) is 0.517. The molecule has 5 nitrogen and oxygen atoms in total. The van der Waals surface area contributed by atoms with Gasteiger partial charge in [0.25, 0.3) is 0 Å². The molecule has 1 aliphatic heterocycles. The molecule has 0 aliphatic carbocycles. The van der Waals surface area contributed by atoms with Gasteiger partial charge in [0.15, 0.2) is 0 Å².